The number of rotatable bonds is 2. The minimum Gasteiger partial charge on any atom is -0.192 e. The van der Waals surface area contributed by atoms with Crippen molar-refractivity contribution in [3.63, 3.8) is 0 Å². The van der Waals surface area contributed by atoms with Crippen molar-refractivity contribution < 1.29 is 0 Å². The van der Waals surface area contributed by atoms with Crippen LogP contribution in [0.5, 0.6) is 0 Å². The standard InChI is InChI=1S/C17H11BrN2/c1-12-2-4-13(5-3-12)16(10-19)17(11-20)14-6-8-15(18)9-7-14/h2-9H,1H3/b17-16-. The summed E-state index contributed by atoms with van der Waals surface area (Å²) in [6.07, 6.45) is 0. The van der Waals surface area contributed by atoms with E-state index in [1.807, 2.05) is 55.5 Å². The predicted octanol–water partition coefficient (Wildman–Crippen LogP) is 4.72. The van der Waals surface area contributed by atoms with Crippen LogP contribution in [0.1, 0.15) is 16.7 Å². The van der Waals surface area contributed by atoms with Gasteiger partial charge in [-0.1, -0.05) is 57.9 Å². The van der Waals surface area contributed by atoms with Gasteiger partial charge in [0.25, 0.3) is 0 Å². The van der Waals surface area contributed by atoms with Gasteiger partial charge in [-0.05, 0) is 30.2 Å². The van der Waals surface area contributed by atoms with Crippen LogP contribution in [0.2, 0.25) is 0 Å². The Kier molecular flexibility index (Phi) is 4.35. The van der Waals surface area contributed by atoms with Crippen LogP contribution in [0.4, 0.5) is 0 Å². The molecule has 2 aromatic carbocycles. The molecule has 0 spiro atoms. The largest absolute Gasteiger partial charge is 0.192 e. The van der Waals surface area contributed by atoms with E-state index in [1.54, 1.807) is 0 Å². The van der Waals surface area contributed by atoms with E-state index in [1.165, 1.54) is 0 Å². The molecule has 20 heavy (non-hydrogen) atoms. The second-order valence-electron chi connectivity index (χ2n) is 4.35. The van der Waals surface area contributed by atoms with Gasteiger partial charge in [-0.2, -0.15) is 10.5 Å². The summed E-state index contributed by atoms with van der Waals surface area (Å²) in [5.74, 6) is 0. The van der Waals surface area contributed by atoms with Gasteiger partial charge < -0.3 is 0 Å². The maximum Gasteiger partial charge on any atom is 0.101 e. The van der Waals surface area contributed by atoms with Crippen LogP contribution in [0.25, 0.3) is 11.1 Å². The molecule has 0 radical (unpaired) electrons. The molecule has 2 nitrogen and oxygen atoms in total. The summed E-state index contributed by atoms with van der Waals surface area (Å²) in [6.45, 7) is 1.99. The first-order valence-electron chi connectivity index (χ1n) is 6.03. The summed E-state index contributed by atoms with van der Waals surface area (Å²) >= 11 is 3.36. The lowest BCUT2D eigenvalue weighted by atomic mass is 9.96. The number of nitrogens with zero attached hydrogens (tertiary/aromatic N) is 2. The van der Waals surface area contributed by atoms with Crippen LogP contribution in [0.3, 0.4) is 0 Å². The lowest BCUT2D eigenvalue weighted by molar-refractivity contribution is 1.44. The number of aryl methyl sites for hydroxylation is 1. The Hall–Kier alpha value is -2.36. The molecule has 0 fully saturated rings. The smallest absolute Gasteiger partial charge is 0.101 e. The molecule has 0 N–H and O–H groups in total. The van der Waals surface area contributed by atoms with E-state index < -0.39 is 0 Å². The Labute approximate surface area is 126 Å². The fraction of sp³-hybridized carbons (Fsp3) is 0.0588. The number of hydrogen-bond acceptors (Lipinski definition) is 2. The highest BCUT2D eigenvalue weighted by molar-refractivity contribution is 9.10. The minimum atomic E-state index is 0.392. The molecular weight excluding hydrogens is 312 g/mol. The van der Waals surface area contributed by atoms with Crippen molar-refractivity contribution in [1.82, 2.24) is 0 Å². The first-order valence-corrected chi connectivity index (χ1v) is 6.82. The molecule has 0 amide bonds. The van der Waals surface area contributed by atoms with Gasteiger partial charge in [0.2, 0.25) is 0 Å². The normalized spacial score (nSPS) is 11.2. The highest BCUT2D eigenvalue weighted by atomic mass is 79.9. The zero-order valence-electron chi connectivity index (χ0n) is 10.9. The van der Waals surface area contributed by atoms with Gasteiger partial charge in [0.15, 0.2) is 0 Å². The third-order valence-electron chi connectivity index (χ3n) is 2.95. The Balaban J connectivity index is 2.60. The van der Waals surface area contributed by atoms with E-state index in [9.17, 15) is 10.5 Å². The summed E-state index contributed by atoms with van der Waals surface area (Å²) < 4.78 is 0.937. The van der Waals surface area contributed by atoms with E-state index in [0.29, 0.717) is 11.1 Å². The van der Waals surface area contributed by atoms with Gasteiger partial charge in [0, 0.05) is 4.47 Å². The molecule has 2 rings (SSSR count). The summed E-state index contributed by atoms with van der Waals surface area (Å²) in [4.78, 5) is 0. The molecule has 0 atom stereocenters. The number of hydrogen-bond donors (Lipinski definition) is 0. The number of halogens is 1. The summed E-state index contributed by atoms with van der Waals surface area (Å²) in [6, 6.07) is 19.3. The number of nitriles is 2. The Morgan fingerprint density at radius 3 is 1.60 bits per heavy atom. The van der Waals surface area contributed by atoms with E-state index in [2.05, 4.69) is 28.1 Å². The van der Waals surface area contributed by atoms with Crippen LogP contribution in [0, 0.1) is 29.6 Å². The topological polar surface area (TPSA) is 47.6 Å². The number of benzene rings is 2. The van der Waals surface area contributed by atoms with Crippen LogP contribution in [-0.4, -0.2) is 0 Å². The van der Waals surface area contributed by atoms with E-state index in [0.717, 1.165) is 21.2 Å². The molecule has 0 aromatic heterocycles. The maximum atomic E-state index is 9.40. The lowest BCUT2D eigenvalue weighted by Gasteiger charge is -2.05. The predicted molar refractivity (Wildman–Crippen MR) is 83.4 cm³/mol. The van der Waals surface area contributed by atoms with Crippen molar-refractivity contribution in [3.05, 3.63) is 69.7 Å². The van der Waals surface area contributed by atoms with E-state index in [4.69, 9.17) is 0 Å². The van der Waals surface area contributed by atoms with E-state index >= 15 is 0 Å². The molecule has 0 aliphatic carbocycles. The van der Waals surface area contributed by atoms with Gasteiger partial charge in [-0.25, -0.2) is 0 Å². The molecule has 0 heterocycles. The Morgan fingerprint density at radius 1 is 0.800 bits per heavy atom. The quantitative estimate of drug-likeness (QED) is 0.593. The monoisotopic (exact) mass is 322 g/mol. The molecule has 0 unspecified atom stereocenters. The average Bonchev–Trinajstić information content (AvgIpc) is 2.47. The highest BCUT2D eigenvalue weighted by Gasteiger charge is 2.11. The van der Waals surface area contributed by atoms with Gasteiger partial charge in [0.1, 0.15) is 12.1 Å². The summed E-state index contributed by atoms with van der Waals surface area (Å²) in [5, 5.41) is 18.8. The number of allylic oxidation sites excluding steroid dienone is 2. The minimum absolute atomic E-state index is 0.392. The third-order valence-corrected chi connectivity index (χ3v) is 3.48. The molecule has 96 valence electrons. The molecule has 0 aliphatic rings. The first kappa shape index (κ1) is 14.1. The van der Waals surface area contributed by atoms with Crippen molar-refractivity contribution in [2.45, 2.75) is 6.92 Å². The molecule has 2 aromatic rings. The molecule has 0 bridgehead atoms. The van der Waals surface area contributed by atoms with Crippen molar-refractivity contribution in [2.24, 2.45) is 0 Å². The van der Waals surface area contributed by atoms with Crippen molar-refractivity contribution in [1.29, 1.82) is 10.5 Å². The Bertz CT molecular complexity index is 661. The third kappa shape index (κ3) is 2.96. The summed E-state index contributed by atoms with van der Waals surface area (Å²) in [5.41, 5.74) is 3.41. The van der Waals surface area contributed by atoms with Crippen molar-refractivity contribution >= 4 is 27.1 Å². The van der Waals surface area contributed by atoms with Crippen LogP contribution in [0.15, 0.2) is 53.0 Å². The van der Waals surface area contributed by atoms with Crippen molar-refractivity contribution in [2.75, 3.05) is 0 Å². The second-order valence-corrected chi connectivity index (χ2v) is 5.26. The van der Waals surface area contributed by atoms with Crippen molar-refractivity contribution in [3.8, 4) is 12.1 Å². The van der Waals surface area contributed by atoms with Gasteiger partial charge >= 0.3 is 0 Å². The molecule has 0 aliphatic heterocycles. The van der Waals surface area contributed by atoms with Crippen LogP contribution >= 0.6 is 15.9 Å². The summed E-state index contributed by atoms with van der Waals surface area (Å²) in [7, 11) is 0. The molecular formula is C17H11BrN2. The molecule has 0 saturated heterocycles. The molecule has 3 heteroatoms. The van der Waals surface area contributed by atoms with Crippen LogP contribution < -0.4 is 0 Å². The maximum absolute atomic E-state index is 9.40. The second kappa shape index (κ2) is 6.19. The SMILES string of the molecule is Cc1ccc(/C(C#N)=C(/C#N)c2ccc(Br)cc2)cc1. The zero-order chi connectivity index (χ0) is 14.5. The average molecular weight is 323 g/mol. The lowest BCUT2D eigenvalue weighted by Crippen LogP contribution is -1.89. The molecule has 0 saturated carbocycles. The van der Waals surface area contributed by atoms with Gasteiger partial charge in [0.05, 0.1) is 11.1 Å². The van der Waals surface area contributed by atoms with E-state index in [-0.39, 0.29) is 0 Å². The Morgan fingerprint density at radius 2 is 1.20 bits per heavy atom. The fourth-order valence-electron chi connectivity index (χ4n) is 1.87. The fourth-order valence-corrected chi connectivity index (χ4v) is 2.13. The van der Waals surface area contributed by atoms with Gasteiger partial charge in [-0.3, -0.25) is 0 Å². The zero-order valence-corrected chi connectivity index (χ0v) is 12.5. The van der Waals surface area contributed by atoms with Gasteiger partial charge in [-0.15, -0.1) is 0 Å². The first-order chi connectivity index (χ1) is 9.65. The van der Waals surface area contributed by atoms with Crippen LogP contribution in [-0.2, 0) is 0 Å². The highest BCUT2D eigenvalue weighted by Crippen LogP contribution is 2.26.